The maximum atomic E-state index is 11.9. The number of phenols is 5. The van der Waals surface area contributed by atoms with Crippen molar-refractivity contribution in [2.45, 2.75) is 6.92 Å². The van der Waals surface area contributed by atoms with Gasteiger partial charge in [-0.15, -0.1) is 0 Å². The van der Waals surface area contributed by atoms with Crippen LogP contribution in [0.1, 0.15) is 5.56 Å². The van der Waals surface area contributed by atoms with Crippen LogP contribution >= 0.6 is 0 Å². The summed E-state index contributed by atoms with van der Waals surface area (Å²) in [6.07, 6.45) is 0. The van der Waals surface area contributed by atoms with Crippen LogP contribution in [-0.2, 0) is 0 Å². The van der Waals surface area contributed by atoms with E-state index in [1.165, 1.54) is 6.07 Å². The summed E-state index contributed by atoms with van der Waals surface area (Å²) in [6, 6.07) is 2.18. The summed E-state index contributed by atoms with van der Waals surface area (Å²) in [4.78, 5) is 11.9. The highest BCUT2D eigenvalue weighted by molar-refractivity contribution is 6.12. The minimum atomic E-state index is -0.941. The number of hydrogen-bond acceptors (Lipinski definition) is 7. The monoisotopic (exact) mass is 290 g/mol. The molecule has 0 radical (unpaired) electrons. The first kappa shape index (κ1) is 12.9. The van der Waals surface area contributed by atoms with Gasteiger partial charge in [0.25, 0.3) is 0 Å². The second-order valence-electron chi connectivity index (χ2n) is 4.67. The predicted octanol–water partition coefficient (Wildman–Crippen LogP) is 1.78. The Labute approximate surface area is 116 Å². The van der Waals surface area contributed by atoms with Gasteiger partial charge < -0.3 is 29.9 Å². The Bertz CT molecular complexity index is 969. The summed E-state index contributed by atoms with van der Waals surface area (Å²) < 4.78 is 4.95. The Balaban J connectivity index is 2.76. The molecule has 0 bridgehead atoms. The van der Waals surface area contributed by atoms with Crippen LogP contribution < -0.4 is 5.63 Å². The minimum absolute atomic E-state index is 0.0793. The van der Waals surface area contributed by atoms with E-state index < -0.39 is 34.4 Å². The summed E-state index contributed by atoms with van der Waals surface area (Å²) in [7, 11) is 0. The van der Waals surface area contributed by atoms with Crippen LogP contribution in [0.2, 0.25) is 0 Å². The molecular weight excluding hydrogens is 280 g/mol. The van der Waals surface area contributed by atoms with E-state index in [1.54, 1.807) is 6.92 Å². The summed E-state index contributed by atoms with van der Waals surface area (Å²) in [5.41, 5.74) is -0.858. The quantitative estimate of drug-likeness (QED) is 0.242. The molecule has 0 amide bonds. The van der Waals surface area contributed by atoms with E-state index in [1.807, 2.05) is 0 Å². The number of hydrogen-bond donors (Lipinski definition) is 5. The predicted molar refractivity (Wildman–Crippen MR) is 73.1 cm³/mol. The molecule has 5 N–H and O–H groups in total. The molecule has 0 aliphatic carbocycles. The molecule has 0 saturated carbocycles. The Hall–Kier alpha value is -3.09. The van der Waals surface area contributed by atoms with E-state index >= 15 is 0 Å². The van der Waals surface area contributed by atoms with Gasteiger partial charge in [-0.1, -0.05) is 0 Å². The van der Waals surface area contributed by atoms with Gasteiger partial charge in [-0.2, -0.15) is 0 Å². The largest absolute Gasteiger partial charge is 0.504 e. The number of aromatic hydroxyl groups is 5. The van der Waals surface area contributed by atoms with Gasteiger partial charge in [-0.3, -0.25) is 0 Å². The summed E-state index contributed by atoms with van der Waals surface area (Å²) in [5.74, 6) is -3.31. The molecule has 0 saturated heterocycles. The van der Waals surface area contributed by atoms with E-state index in [4.69, 9.17) is 4.42 Å². The van der Waals surface area contributed by atoms with Crippen molar-refractivity contribution in [1.29, 1.82) is 0 Å². The molecule has 1 aromatic heterocycles. The van der Waals surface area contributed by atoms with Crippen molar-refractivity contribution in [3.8, 4) is 28.7 Å². The summed E-state index contributed by atoms with van der Waals surface area (Å²) >= 11 is 0. The number of phenolic OH excluding ortho intramolecular Hbond substituents is 5. The van der Waals surface area contributed by atoms with Crippen LogP contribution in [0.15, 0.2) is 21.3 Å². The van der Waals surface area contributed by atoms with Crippen molar-refractivity contribution in [1.82, 2.24) is 0 Å². The second-order valence-corrected chi connectivity index (χ2v) is 4.67. The maximum absolute atomic E-state index is 11.9. The Morgan fingerprint density at radius 3 is 2.14 bits per heavy atom. The van der Waals surface area contributed by atoms with Crippen LogP contribution in [0.4, 0.5) is 0 Å². The SMILES string of the molecule is Cc1cc(O)c(O)c2oc(=O)c3cc(O)c(O)c(O)c3c12. The highest BCUT2D eigenvalue weighted by Crippen LogP contribution is 2.46. The van der Waals surface area contributed by atoms with Crippen LogP contribution in [0.25, 0.3) is 21.7 Å². The standard InChI is InChI=1S/C14H10O7/c1-4-2-6(15)11(18)13-8(4)9-5(14(20)21-13)3-7(16)10(17)12(9)19/h2-3,15-19H,1H3. The van der Waals surface area contributed by atoms with Crippen molar-refractivity contribution >= 4 is 21.7 Å². The first-order valence-corrected chi connectivity index (χ1v) is 5.89. The lowest BCUT2D eigenvalue weighted by molar-refractivity contribution is 0.371. The molecule has 0 atom stereocenters. The fourth-order valence-corrected chi connectivity index (χ4v) is 2.38. The molecule has 21 heavy (non-hydrogen) atoms. The van der Waals surface area contributed by atoms with Crippen molar-refractivity contribution in [3.63, 3.8) is 0 Å². The molecular formula is C14H10O7. The van der Waals surface area contributed by atoms with Crippen LogP contribution in [0, 0.1) is 6.92 Å². The molecule has 7 heteroatoms. The first-order valence-electron chi connectivity index (χ1n) is 5.89. The highest BCUT2D eigenvalue weighted by Gasteiger charge is 2.22. The number of benzene rings is 2. The first-order chi connectivity index (χ1) is 9.82. The smallest absolute Gasteiger partial charge is 0.344 e. The average Bonchev–Trinajstić information content (AvgIpc) is 2.43. The van der Waals surface area contributed by atoms with Crippen molar-refractivity contribution < 1.29 is 29.9 Å². The van der Waals surface area contributed by atoms with E-state index in [0.29, 0.717) is 5.56 Å². The van der Waals surface area contributed by atoms with Crippen LogP contribution in [0.5, 0.6) is 28.7 Å². The van der Waals surface area contributed by atoms with Crippen LogP contribution in [0.3, 0.4) is 0 Å². The van der Waals surface area contributed by atoms with E-state index in [9.17, 15) is 30.3 Å². The van der Waals surface area contributed by atoms with Gasteiger partial charge in [0, 0.05) is 10.8 Å². The van der Waals surface area contributed by atoms with Crippen LogP contribution in [-0.4, -0.2) is 25.5 Å². The van der Waals surface area contributed by atoms with Gasteiger partial charge >= 0.3 is 5.63 Å². The zero-order chi connectivity index (χ0) is 15.5. The Morgan fingerprint density at radius 2 is 1.48 bits per heavy atom. The van der Waals surface area contributed by atoms with Crippen molar-refractivity contribution in [2.75, 3.05) is 0 Å². The van der Waals surface area contributed by atoms with Gasteiger partial charge in [-0.25, -0.2) is 4.79 Å². The Morgan fingerprint density at radius 1 is 0.857 bits per heavy atom. The summed E-state index contributed by atoms with van der Waals surface area (Å²) in [6.45, 7) is 1.56. The van der Waals surface area contributed by atoms with Gasteiger partial charge in [0.2, 0.25) is 11.5 Å². The number of rotatable bonds is 0. The molecule has 0 fully saturated rings. The molecule has 0 aliphatic rings. The lowest BCUT2D eigenvalue weighted by Crippen LogP contribution is -2.01. The van der Waals surface area contributed by atoms with Gasteiger partial charge in [0.15, 0.2) is 22.8 Å². The molecule has 1 heterocycles. The van der Waals surface area contributed by atoms with Gasteiger partial charge in [-0.05, 0) is 24.6 Å². The van der Waals surface area contributed by atoms with Crippen molar-refractivity contribution in [3.05, 3.63) is 28.1 Å². The molecule has 7 nitrogen and oxygen atoms in total. The van der Waals surface area contributed by atoms with Crippen molar-refractivity contribution in [2.24, 2.45) is 0 Å². The molecule has 3 aromatic rings. The van der Waals surface area contributed by atoms with E-state index in [2.05, 4.69) is 0 Å². The minimum Gasteiger partial charge on any atom is -0.504 e. The fraction of sp³-hybridized carbons (Fsp3) is 0.0714. The number of aryl methyl sites for hydroxylation is 1. The fourth-order valence-electron chi connectivity index (χ4n) is 2.38. The lowest BCUT2D eigenvalue weighted by Gasteiger charge is -2.11. The molecule has 0 unspecified atom stereocenters. The van der Waals surface area contributed by atoms with E-state index in [-0.39, 0.29) is 21.7 Å². The van der Waals surface area contributed by atoms with Gasteiger partial charge in [0.05, 0.1) is 5.39 Å². The molecule has 2 aromatic carbocycles. The molecule has 0 spiro atoms. The lowest BCUT2D eigenvalue weighted by atomic mass is 10.0. The highest BCUT2D eigenvalue weighted by atomic mass is 16.4. The Kier molecular flexibility index (Phi) is 2.43. The molecule has 3 rings (SSSR count). The van der Waals surface area contributed by atoms with E-state index in [0.717, 1.165) is 6.07 Å². The zero-order valence-electron chi connectivity index (χ0n) is 10.7. The third kappa shape index (κ3) is 1.57. The number of fused-ring (bicyclic) bond motifs is 3. The second kappa shape index (κ2) is 3.95. The topological polar surface area (TPSA) is 131 Å². The average molecular weight is 290 g/mol. The van der Waals surface area contributed by atoms with Gasteiger partial charge in [0.1, 0.15) is 0 Å². The maximum Gasteiger partial charge on any atom is 0.344 e. The third-order valence-electron chi connectivity index (χ3n) is 3.35. The normalized spacial score (nSPS) is 11.3. The molecule has 0 aliphatic heterocycles. The molecule has 108 valence electrons. The third-order valence-corrected chi connectivity index (χ3v) is 3.35. The summed E-state index contributed by atoms with van der Waals surface area (Å²) in [5, 5.41) is 48.4. The zero-order valence-corrected chi connectivity index (χ0v) is 10.7.